The van der Waals surface area contributed by atoms with Gasteiger partial charge in [-0.3, -0.25) is 0 Å². The molecule has 2 aromatic carbocycles. The summed E-state index contributed by atoms with van der Waals surface area (Å²) in [6.07, 6.45) is 0. The number of hydrogen-bond acceptors (Lipinski definition) is 4. The average Bonchev–Trinajstić information content (AvgIpc) is 2.52. The van der Waals surface area contributed by atoms with Crippen molar-refractivity contribution in [3.8, 4) is 5.75 Å². The maximum atomic E-state index is 12.7. The molecule has 0 aromatic heterocycles. The molecule has 4 nitrogen and oxygen atoms in total. The number of alkyl halides is 3. The quantitative estimate of drug-likeness (QED) is 0.629. The van der Waals surface area contributed by atoms with Crippen LogP contribution >= 0.6 is 0 Å². The van der Waals surface area contributed by atoms with E-state index in [9.17, 15) is 26.0 Å². The molecule has 0 aliphatic rings. The van der Waals surface area contributed by atoms with E-state index < -0.39 is 26.1 Å². The van der Waals surface area contributed by atoms with Gasteiger partial charge in [0.05, 0.1) is 10.6 Å². The van der Waals surface area contributed by atoms with Crippen LogP contribution in [0, 0.1) is 5.82 Å². The predicted octanol–water partition coefficient (Wildman–Crippen LogP) is 3.61. The smallest absolute Gasteiger partial charge is 0.492 e. The SMILES string of the molecule is O=S(=O)(c1ccccc1NCCOc1ccc(F)cc1)C(F)(F)F. The lowest BCUT2D eigenvalue weighted by atomic mass is 10.3. The summed E-state index contributed by atoms with van der Waals surface area (Å²) in [5.74, 6) is -0.0406. The van der Waals surface area contributed by atoms with Crippen LogP contribution in [0.5, 0.6) is 5.75 Å². The lowest BCUT2D eigenvalue weighted by Gasteiger charge is -2.14. The van der Waals surface area contributed by atoms with E-state index in [1.807, 2.05) is 0 Å². The molecule has 0 unspecified atom stereocenters. The van der Waals surface area contributed by atoms with E-state index in [4.69, 9.17) is 4.74 Å². The zero-order valence-corrected chi connectivity index (χ0v) is 13.0. The van der Waals surface area contributed by atoms with Crippen molar-refractivity contribution in [2.45, 2.75) is 10.4 Å². The van der Waals surface area contributed by atoms with Gasteiger partial charge >= 0.3 is 5.51 Å². The zero-order chi connectivity index (χ0) is 17.8. The molecule has 2 aromatic rings. The summed E-state index contributed by atoms with van der Waals surface area (Å²) in [6.45, 7) is 0.105. The highest BCUT2D eigenvalue weighted by atomic mass is 32.2. The van der Waals surface area contributed by atoms with Crippen molar-refractivity contribution in [2.24, 2.45) is 0 Å². The Hall–Kier alpha value is -2.29. The van der Waals surface area contributed by atoms with Crippen LogP contribution in [-0.4, -0.2) is 27.1 Å². The number of nitrogens with one attached hydrogen (secondary N) is 1. The van der Waals surface area contributed by atoms with Crippen molar-refractivity contribution >= 4 is 15.5 Å². The van der Waals surface area contributed by atoms with Crippen molar-refractivity contribution in [1.82, 2.24) is 0 Å². The first-order chi connectivity index (χ1) is 11.2. The summed E-state index contributed by atoms with van der Waals surface area (Å²) < 4.78 is 79.1. The van der Waals surface area contributed by atoms with E-state index in [0.717, 1.165) is 6.07 Å². The number of rotatable bonds is 6. The van der Waals surface area contributed by atoms with Gasteiger partial charge in [0, 0.05) is 6.54 Å². The molecule has 0 saturated carbocycles. The summed E-state index contributed by atoms with van der Waals surface area (Å²) in [5, 5.41) is 2.59. The first-order valence-electron chi connectivity index (χ1n) is 6.74. The molecule has 1 N–H and O–H groups in total. The van der Waals surface area contributed by atoms with Crippen molar-refractivity contribution in [1.29, 1.82) is 0 Å². The van der Waals surface area contributed by atoms with Gasteiger partial charge in [-0.25, -0.2) is 12.8 Å². The first kappa shape index (κ1) is 18.1. The molecule has 0 saturated heterocycles. The molecule has 130 valence electrons. The zero-order valence-electron chi connectivity index (χ0n) is 12.2. The number of para-hydroxylation sites is 1. The summed E-state index contributed by atoms with van der Waals surface area (Å²) in [5.41, 5.74) is -5.55. The van der Waals surface area contributed by atoms with E-state index in [2.05, 4.69) is 5.32 Å². The second-order valence-corrected chi connectivity index (χ2v) is 6.58. The highest BCUT2D eigenvalue weighted by molar-refractivity contribution is 7.92. The van der Waals surface area contributed by atoms with Gasteiger partial charge in [-0.05, 0) is 36.4 Å². The second-order valence-electron chi connectivity index (χ2n) is 4.67. The van der Waals surface area contributed by atoms with Crippen molar-refractivity contribution in [3.05, 3.63) is 54.3 Å². The van der Waals surface area contributed by atoms with Crippen LogP contribution in [0.1, 0.15) is 0 Å². The minimum atomic E-state index is -5.45. The summed E-state index contributed by atoms with van der Waals surface area (Å²) in [4.78, 5) is -0.848. The van der Waals surface area contributed by atoms with Gasteiger partial charge in [0.25, 0.3) is 9.84 Å². The number of ether oxygens (including phenoxy) is 1. The first-order valence-corrected chi connectivity index (χ1v) is 8.23. The second kappa shape index (κ2) is 7.08. The molecule has 2 rings (SSSR count). The van der Waals surface area contributed by atoms with Crippen molar-refractivity contribution in [2.75, 3.05) is 18.5 Å². The van der Waals surface area contributed by atoms with Gasteiger partial charge in [0.15, 0.2) is 0 Å². The Kier molecular flexibility index (Phi) is 5.33. The number of halogens is 4. The molecule has 0 radical (unpaired) electrons. The Labute approximate surface area is 136 Å². The standard InChI is InChI=1S/C15H13F4NO3S/c16-11-5-7-12(8-6-11)23-10-9-20-13-3-1-2-4-14(13)24(21,22)15(17,18)19/h1-8,20H,9-10H2. The molecule has 0 heterocycles. The van der Waals surface area contributed by atoms with Gasteiger partial charge in [0.2, 0.25) is 0 Å². The highest BCUT2D eigenvalue weighted by Crippen LogP contribution is 2.34. The third-order valence-electron chi connectivity index (χ3n) is 2.98. The molecule has 0 aliphatic carbocycles. The number of anilines is 1. The Morgan fingerprint density at radius 1 is 1.00 bits per heavy atom. The molecule has 0 atom stereocenters. The maximum Gasteiger partial charge on any atom is 0.501 e. The van der Waals surface area contributed by atoms with Crippen LogP contribution in [0.25, 0.3) is 0 Å². The fourth-order valence-corrected chi connectivity index (χ4v) is 2.79. The van der Waals surface area contributed by atoms with Gasteiger partial charge in [0.1, 0.15) is 18.2 Å². The fraction of sp³-hybridized carbons (Fsp3) is 0.200. The largest absolute Gasteiger partial charge is 0.501 e. The highest BCUT2D eigenvalue weighted by Gasteiger charge is 2.47. The lowest BCUT2D eigenvalue weighted by Crippen LogP contribution is -2.24. The number of sulfone groups is 1. The van der Waals surface area contributed by atoms with Crippen LogP contribution in [-0.2, 0) is 9.84 Å². The third kappa shape index (κ3) is 4.16. The number of hydrogen-bond donors (Lipinski definition) is 1. The van der Waals surface area contributed by atoms with E-state index >= 15 is 0 Å². The topological polar surface area (TPSA) is 55.4 Å². The van der Waals surface area contributed by atoms with E-state index in [-0.39, 0.29) is 18.8 Å². The molecule has 0 spiro atoms. The summed E-state index contributed by atoms with van der Waals surface area (Å²) >= 11 is 0. The molecule has 24 heavy (non-hydrogen) atoms. The predicted molar refractivity (Wildman–Crippen MR) is 80.1 cm³/mol. The Balaban J connectivity index is 2.02. The van der Waals surface area contributed by atoms with E-state index in [1.54, 1.807) is 0 Å². The van der Waals surface area contributed by atoms with Gasteiger partial charge in [-0.2, -0.15) is 13.2 Å². The molecule has 0 aliphatic heterocycles. The Bertz CT molecular complexity index is 789. The summed E-state index contributed by atoms with van der Waals surface area (Å²) in [6, 6.07) is 9.94. The normalized spacial score (nSPS) is 12.0. The minimum absolute atomic E-state index is 0.0477. The number of benzene rings is 2. The van der Waals surface area contributed by atoms with Crippen LogP contribution < -0.4 is 10.1 Å². The van der Waals surface area contributed by atoms with Crippen molar-refractivity contribution in [3.63, 3.8) is 0 Å². The van der Waals surface area contributed by atoms with Crippen molar-refractivity contribution < 1.29 is 30.7 Å². The Morgan fingerprint density at radius 2 is 1.62 bits per heavy atom. The minimum Gasteiger partial charge on any atom is -0.492 e. The van der Waals surface area contributed by atoms with Crippen LogP contribution in [0.4, 0.5) is 23.2 Å². The molecular formula is C15H13F4NO3S. The van der Waals surface area contributed by atoms with Crippen LogP contribution in [0.15, 0.2) is 53.4 Å². The third-order valence-corrected chi connectivity index (χ3v) is 4.53. The monoisotopic (exact) mass is 363 g/mol. The van der Waals surface area contributed by atoms with Gasteiger partial charge in [-0.15, -0.1) is 0 Å². The van der Waals surface area contributed by atoms with E-state index in [1.165, 1.54) is 42.5 Å². The maximum absolute atomic E-state index is 12.7. The summed E-state index contributed by atoms with van der Waals surface area (Å²) in [7, 11) is -5.45. The van der Waals surface area contributed by atoms with Gasteiger partial charge < -0.3 is 10.1 Å². The van der Waals surface area contributed by atoms with Gasteiger partial charge in [-0.1, -0.05) is 12.1 Å². The molecule has 0 amide bonds. The lowest BCUT2D eigenvalue weighted by molar-refractivity contribution is -0.0435. The Morgan fingerprint density at radius 3 is 2.25 bits per heavy atom. The molecule has 0 bridgehead atoms. The molecule has 0 fully saturated rings. The molecular weight excluding hydrogens is 350 g/mol. The van der Waals surface area contributed by atoms with E-state index in [0.29, 0.717) is 5.75 Å². The average molecular weight is 363 g/mol. The fourth-order valence-electron chi connectivity index (χ4n) is 1.86. The van der Waals surface area contributed by atoms with Crippen LogP contribution in [0.2, 0.25) is 0 Å². The van der Waals surface area contributed by atoms with Crippen LogP contribution in [0.3, 0.4) is 0 Å². The molecule has 9 heteroatoms.